The number of amides is 1. The van der Waals surface area contributed by atoms with Gasteiger partial charge in [-0.15, -0.1) is 0 Å². The molecule has 0 unspecified atom stereocenters. The Kier molecular flexibility index (Phi) is 3.68. The van der Waals surface area contributed by atoms with Crippen LogP contribution in [0.1, 0.15) is 10.4 Å². The normalized spacial score (nSPS) is 14.4. The van der Waals surface area contributed by atoms with E-state index in [4.69, 9.17) is 0 Å². The number of nitrogens with one attached hydrogen (secondary N) is 1. The van der Waals surface area contributed by atoms with Crippen molar-refractivity contribution in [2.75, 3.05) is 31.3 Å². The lowest BCUT2D eigenvalue weighted by atomic mass is 10.2. The first-order chi connectivity index (χ1) is 8.16. The number of hydrogen-bond donors (Lipinski definition) is 1. The van der Waals surface area contributed by atoms with Crippen molar-refractivity contribution in [1.29, 1.82) is 0 Å². The molecule has 1 amide bonds. The van der Waals surface area contributed by atoms with E-state index in [9.17, 15) is 4.79 Å². The zero-order valence-electron chi connectivity index (χ0n) is 9.93. The number of carbonyl (C=O) groups excluding carboxylic acids is 1. The van der Waals surface area contributed by atoms with Gasteiger partial charge >= 0.3 is 0 Å². The molecule has 0 radical (unpaired) electrons. The van der Waals surface area contributed by atoms with Crippen LogP contribution in [0.25, 0.3) is 0 Å². The number of carbonyl (C=O) groups is 1. The van der Waals surface area contributed by atoms with Gasteiger partial charge in [-0.25, -0.2) is 0 Å². The van der Waals surface area contributed by atoms with Crippen molar-refractivity contribution in [2.24, 2.45) is 4.99 Å². The molecule has 1 heterocycles. The van der Waals surface area contributed by atoms with E-state index < -0.39 is 0 Å². The summed E-state index contributed by atoms with van der Waals surface area (Å²) in [6, 6.07) is 7.51. The number of thioether (sulfide) groups is 1. The smallest absolute Gasteiger partial charge is 0.257 e. The van der Waals surface area contributed by atoms with Crippen molar-refractivity contribution in [3.63, 3.8) is 0 Å². The lowest BCUT2D eigenvalue weighted by Crippen LogP contribution is -2.27. The summed E-state index contributed by atoms with van der Waals surface area (Å²) < 4.78 is 0. The Morgan fingerprint density at radius 1 is 1.35 bits per heavy atom. The summed E-state index contributed by atoms with van der Waals surface area (Å²) in [4.78, 5) is 18.0. The first-order valence-electron chi connectivity index (χ1n) is 5.43. The topological polar surface area (TPSA) is 44.7 Å². The van der Waals surface area contributed by atoms with Crippen molar-refractivity contribution in [3.05, 3.63) is 29.8 Å². The van der Waals surface area contributed by atoms with E-state index in [1.165, 1.54) is 0 Å². The third kappa shape index (κ3) is 3.00. The minimum atomic E-state index is -0.0940. The van der Waals surface area contributed by atoms with E-state index >= 15 is 0 Å². The van der Waals surface area contributed by atoms with Gasteiger partial charge in [0.1, 0.15) is 0 Å². The molecule has 0 aromatic heterocycles. The maximum atomic E-state index is 11.9. The number of benzene rings is 1. The summed E-state index contributed by atoms with van der Waals surface area (Å²) in [6.45, 7) is 0.792. The third-order valence-corrected chi connectivity index (χ3v) is 3.34. The van der Waals surface area contributed by atoms with Crippen LogP contribution >= 0.6 is 11.8 Å². The molecular weight excluding hydrogens is 234 g/mol. The fourth-order valence-corrected chi connectivity index (χ4v) is 2.21. The van der Waals surface area contributed by atoms with Gasteiger partial charge < -0.3 is 10.2 Å². The molecule has 0 aliphatic carbocycles. The number of nitrogens with zero attached hydrogens (tertiary/aromatic N) is 2. The zero-order chi connectivity index (χ0) is 12.3. The molecule has 17 heavy (non-hydrogen) atoms. The molecule has 0 atom stereocenters. The number of rotatable bonds is 2. The molecule has 0 bridgehead atoms. The van der Waals surface area contributed by atoms with Crippen LogP contribution in [0.2, 0.25) is 0 Å². The number of amidine groups is 1. The van der Waals surface area contributed by atoms with Crippen molar-refractivity contribution < 1.29 is 4.79 Å². The van der Waals surface area contributed by atoms with Crippen LogP contribution in [-0.4, -0.2) is 37.5 Å². The molecule has 1 aromatic rings. The highest BCUT2D eigenvalue weighted by atomic mass is 32.2. The summed E-state index contributed by atoms with van der Waals surface area (Å²) in [5.74, 6) is 0.860. The van der Waals surface area contributed by atoms with Gasteiger partial charge in [0.05, 0.1) is 6.54 Å². The van der Waals surface area contributed by atoms with E-state index in [0.29, 0.717) is 5.56 Å². The van der Waals surface area contributed by atoms with E-state index in [0.717, 1.165) is 23.2 Å². The van der Waals surface area contributed by atoms with Crippen LogP contribution in [0.15, 0.2) is 29.3 Å². The quantitative estimate of drug-likeness (QED) is 0.865. The molecule has 0 saturated heterocycles. The van der Waals surface area contributed by atoms with Crippen LogP contribution in [0.5, 0.6) is 0 Å². The van der Waals surface area contributed by atoms with Crippen LogP contribution in [0.3, 0.4) is 0 Å². The molecule has 0 saturated carbocycles. The largest absolute Gasteiger partial charge is 0.378 e. The molecule has 1 aliphatic heterocycles. The second-order valence-electron chi connectivity index (χ2n) is 3.93. The summed E-state index contributed by atoms with van der Waals surface area (Å²) >= 11 is 1.58. The van der Waals surface area contributed by atoms with Crippen molar-refractivity contribution in [1.82, 2.24) is 5.32 Å². The molecule has 5 heteroatoms. The minimum absolute atomic E-state index is 0.0940. The van der Waals surface area contributed by atoms with Gasteiger partial charge in [0, 0.05) is 31.1 Å². The summed E-state index contributed by atoms with van der Waals surface area (Å²) in [5, 5.41) is 3.53. The van der Waals surface area contributed by atoms with E-state index in [1.807, 2.05) is 43.3 Å². The summed E-state index contributed by atoms with van der Waals surface area (Å²) in [6.07, 6.45) is 0. The standard InChI is InChI=1S/C12H15N3OS/c1-15(2)10-5-3-9(4-6-10)11(16)14-12-13-7-8-17-12/h3-6H,7-8H2,1-2H3,(H,13,14,16). The van der Waals surface area contributed by atoms with Gasteiger partial charge in [0.25, 0.3) is 5.91 Å². The number of aliphatic imine (C=N–C) groups is 1. The Hall–Kier alpha value is -1.49. The zero-order valence-corrected chi connectivity index (χ0v) is 10.8. The van der Waals surface area contributed by atoms with Gasteiger partial charge in [-0.2, -0.15) is 0 Å². The van der Waals surface area contributed by atoms with Crippen LogP contribution in [0.4, 0.5) is 5.69 Å². The Balaban J connectivity index is 2.04. The maximum absolute atomic E-state index is 11.9. The molecule has 0 spiro atoms. The van der Waals surface area contributed by atoms with E-state index in [1.54, 1.807) is 11.8 Å². The summed E-state index contributed by atoms with van der Waals surface area (Å²) in [7, 11) is 3.94. The monoisotopic (exact) mass is 249 g/mol. The molecule has 1 N–H and O–H groups in total. The summed E-state index contributed by atoms with van der Waals surface area (Å²) in [5.41, 5.74) is 1.74. The SMILES string of the molecule is CN(C)c1ccc(C(=O)NC2=NCCS2)cc1. The van der Waals surface area contributed by atoms with Gasteiger partial charge in [-0.3, -0.25) is 9.79 Å². The molecule has 1 aliphatic rings. The van der Waals surface area contributed by atoms with Gasteiger partial charge in [0.2, 0.25) is 0 Å². The van der Waals surface area contributed by atoms with Crippen molar-refractivity contribution >= 4 is 28.5 Å². The Morgan fingerprint density at radius 2 is 2.06 bits per heavy atom. The Labute approximate surface area is 105 Å². The van der Waals surface area contributed by atoms with E-state index in [-0.39, 0.29) is 5.91 Å². The average Bonchev–Trinajstić information content (AvgIpc) is 2.82. The molecule has 4 nitrogen and oxygen atoms in total. The minimum Gasteiger partial charge on any atom is -0.378 e. The Bertz CT molecular complexity index is 440. The average molecular weight is 249 g/mol. The predicted molar refractivity (Wildman–Crippen MR) is 73.0 cm³/mol. The highest BCUT2D eigenvalue weighted by Crippen LogP contribution is 2.13. The first-order valence-corrected chi connectivity index (χ1v) is 6.41. The number of hydrogen-bond acceptors (Lipinski definition) is 4. The first kappa shape index (κ1) is 12.0. The van der Waals surface area contributed by atoms with Gasteiger partial charge in [-0.05, 0) is 24.3 Å². The van der Waals surface area contributed by atoms with Crippen molar-refractivity contribution in [2.45, 2.75) is 0 Å². The van der Waals surface area contributed by atoms with Crippen LogP contribution in [0, 0.1) is 0 Å². The second-order valence-corrected chi connectivity index (χ2v) is 5.01. The Morgan fingerprint density at radius 3 is 2.59 bits per heavy atom. The molecule has 0 fully saturated rings. The van der Waals surface area contributed by atoms with Crippen LogP contribution < -0.4 is 10.2 Å². The third-order valence-electron chi connectivity index (χ3n) is 2.45. The number of anilines is 1. The molecular formula is C12H15N3OS. The lowest BCUT2D eigenvalue weighted by Gasteiger charge is -2.12. The highest BCUT2D eigenvalue weighted by Gasteiger charge is 2.12. The highest BCUT2D eigenvalue weighted by molar-refractivity contribution is 8.14. The van der Waals surface area contributed by atoms with Crippen LogP contribution in [-0.2, 0) is 0 Å². The fraction of sp³-hybridized carbons (Fsp3) is 0.333. The lowest BCUT2D eigenvalue weighted by molar-refractivity contribution is 0.0978. The molecule has 2 rings (SSSR count). The van der Waals surface area contributed by atoms with Gasteiger partial charge in [0.15, 0.2) is 5.17 Å². The second kappa shape index (κ2) is 5.23. The molecule has 90 valence electrons. The van der Waals surface area contributed by atoms with E-state index in [2.05, 4.69) is 10.3 Å². The maximum Gasteiger partial charge on any atom is 0.257 e. The van der Waals surface area contributed by atoms with Crippen molar-refractivity contribution in [3.8, 4) is 0 Å². The molecule has 1 aromatic carbocycles. The van der Waals surface area contributed by atoms with Gasteiger partial charge in [-0.1, -0.05) is 11.8 Å². The fourth-order valence-electron chi connectivity index (χ4n) is 1.49. The predicted octanol–water partition coefficient (Wildman–Crippen LogP) is 1.59.